The van der Waals surface area contributed by atoms with E-state index in [9.17, 15) is 13.2 Å². The van der Waals surface area contributed by atoms with Crippen LogP contribution < -0.4 is 11.5 Å². The number of thiazole rings is 1. The molecule has 4 heterocycles. The maximum atomic E-state index is 12.8. The molecule has 2 aliphatic rings. The molecule has 174 valence electrons. The molecule has 3 aromatic rings. The highest BCUT2D eigenvalue weighted by Gasteiger charge is 2.42. The van der Waals surface area contributed by atoms with Gasteiger partial charge in [0.25, 0.3) is 0 Å². The predicted octanol–water partition coefficient (Wildman–Crippen LogP) is 3.75. The molecule has 1 unspecified atom stereocenters. The second kappa shape index (κ2) is 9.64. The van der Waals surface area contributed by atoms with Crippen LogP contribution in [0.15, 0.2) is 58.9 Å². The van der Waals surface area contributed by atoms with Crippen molar-refractivity contribution in [3.8, 4) is 0 Å². The van der Waals surface area contributed by atoms with Gasteiger partial charge in [0.05, 0.1) is 18.3 Å². The fraction of sp³-hybridized carbons (Fsp3) is 0.286. The number of hydrogen-bond donors (Lipinski definition) is 2. The Balaban J connectivity index is 0.000000275. The van der Waals surface area contributed by atoms with Crippen molar-refractivity contribution < 1.29 is 13.2 Å². The van der Waals surface area contributed by atoms with E-state index < -0.39 is 12.1 Å². The summed E-state index contributed by atoms with van der Waals surface area (Å²) in [5.74, 6) is 0.466. The van der Waals surface area contributed by atoms with E-state index in [1.807, 2.05) is 10.3 Å². The molecule has 2 aromatic heterocycles. The Hall–Kier alpha value is -2.73. The number of aromatic nitrogens is 3. The zero-order valence-corrected chi connectivity index (χ0v) is 18.9. The third kappa shape index (κ3) is 5.11. The summed E-state index contributed by atoms with van der Waals surface area (Å²) in [6.45, 7) is -1.46. The number of benzene rings is 1. The van der Waals surface area contributed by atoms with Gasteiger partial charge in [-0.05, 0) is 18.2 Å². The van der Waals surface area contributed by atoms with Gasteiger partial charge in [-0.15, -0.1) is 11.3 Å². The number of aliphatic imine (C=N–C) groups is 1. The second-order valence-electron chi connectivity index (χ2n) is 7.66. The molecule has 0 saturated carbocycles. The lowest BCUT2D eigenvalue weighted by Gasteiger charge is -2.28. The van der Waals surface area contributed by atoms with Crippen LogP contribution in [0, 0.1) is 5.82 Å². The molecule has 0 bridgehead atoms. The second-order valence-corrected chi connectivity index (χ2v) is 8.99. The van der Waals surface area contributed by atoms with E-state index in [0.717, 1.165) is 22.1 Å². The number of fused-ring (bicyclic) bond motifs is 1. The first-order valence-electron chi connectivity index (χ1n) is 9.96. The molecular weight excluding hydrogens is 475 g/mol. The summed E-state index contributed by atoms with van der Waals surface area (Å²) in [6, 6.07) is 5.82. The maximum Gasteiger partial charge on any atom is 0.333 e. The van der Waals surface area contributed by atoms with Crippen molar-refractivity contribution in [1.82, 2.24) is 19.7 Å². The Morgan fingerprint density at radius 1 is 1.30 bits per heavy atom. The van der Waals surface area contributed by atoms with Gasteiger partial charge in [-0.25, -0.2) is 14.1 Å². The fourth-order valence-electron chi connectivity index (χ4n) is 3.67. The fourth-order valence-corrected chi connectivity index (χ4v) is 4.50. The lowest BCUT2D eigenvalue weighted by atomic mass is 9.96. The Labute approximate surface area is 197 Å². The van der Waals surface area contributed by atoms with Crippen LogP contribution in [0.25, 0.3) is 5.57 Å². The van der Waals surface area contributed by atoms with Gasteiger partial charge in [0.15, 0.2) is 10.8 Å². The summed E-state index contributed by atoms with van der Waals surface area (Å²) in [6.07, 6.45) is 5.06. The maximum absolute atomic E-state index is 12.8. The van der Waals surface area contributed by atoms with E-state index in [1.54, 1.807) is 18.3 Å². The monoisotopic (exact) mass is 495 g/mol. The molecule has 1 fully saturated rings. The Kier molecular flexibility index (Phi) is 6.84. The van der Waals surface area contributed by atoms with Gasteiger partial charge in [-0.1, -0.05) is 17.7 Å². The molecule has 0 radical (unpaired) electrons. The van der Waals surface area contributed by atoms with E-state index >= 15 is 0 Å². The minimum atomic E-state index is -2.67. The number of hydrogen-bond acceptors (Lipinski definition) is 7. The number of alkyl halides is 2. The molecule has 0 aliphatic carbocycles. The first kappa shape index (κ1) is 23.4. The average Bonchev–Trinajstić information content (AvgIpc) is 3.53. The minimum absolute atomic E-state index is 0.294. The Bertz CT molecular complexity index is 1160. The van der Waals surface area contributed by atoms with Gasteiger partial charge in [0, 0.05) is 59.1 Å². The lowest BCUT2D eigenvalue weighted by molar-refractivity contribution is 0.0566. The van der Waals surface area contributed by atoms with Crippen LogP contribution in [0.3, 0.4) is 0 Å². The quantitative estimate of drug-likeness (QED) is 0.574. The van der Waals surface area contributed by atoms with Crippen LogP contribution in [-0.2, 0) is 0 Å². The van der Waals surface area contributed by atoms with E-state index in [1.165, 1.54) is 35.9 Å². The summed E-state index contributed by atoms with van der Waals surface area (Å²) < 4.78 is 38.4. The molecule has 2 aliphatic heterocycles. The van der Waals surface area contributed by atoms with Crippen LogP contribution in [0.4, 0.5) is 13.2 Å². The predicted molar refractivity (Wildman–Crippen MR) is 123 cm³/mol. The molecule has 1 atom stereocenters. The van der Waals surface area contributed by atoms with Crippen molar-refractivity contribution in [2.45, 2.75) is 18.5 Å². The van der Waals surface area contributed by atoms with Crippen LogP contribution >= 0.6 is 22.9 Å². The van der Waals surface area contributed by atoms with E-state index in [4.69, 9.17) is 23.1 Å². The minimum Gasteiger partial charge on any atom is -0.329 e. The van der Waals surface area contributed by atoms with Crippen LogP contribution in [0.2, 0.25) is 5.02 Å². The van der Waals surface area contributed by atoms with Crippen molar-refractivity contribution in [3.63, 3.8) is 0 Å². The number of rotatable bonds is 4. The number of amidine groups is 1. The third-order valence-electron chi connectivity index (χ3n) is 5.28. The molecule has 1 aromatic carbocycles. The summed E-state index contributed by atoms with van der Waals surface area (Å²) in [7, 11) is 0. The molecule has 0 amide bonds. The molecule has 0 spiro atoms. The smallest absolute Gasteiger partial charge is 0.329 e. The third-order valence-corrected chi connectivity index (χ3v) is 6.28. The number of halogens is 4. The van der Waals surface area contributed by atoms with Crippen molar-refractivity contribution >= 4 is 34.3 Å². The first-order valence-corrected chi connectivity index (χ1v) is 11.2. The normalized spacial score (nSPS) is 20.0. The van der Waals surface area contributed by atoms with Crippen molar-refractivity contribution in [1.29, 1.82) is 0 Å². The molecule has 1 saturated heterocycles. The zero-order valence-electron chi connectivity index (χ0n) is 17.3. The van der Waals surface area contributed by atoms with Crippen molar-refractivity contribution in [3.05, 3.63) is 75.3 Å². The molecule has 33 heavy (non-hydrogen) atoms. The van der Waals surface area contributed by atoms with E-state index in [2.05, 4.69) is 15.1 Å². The van der Waals surface area contributed by atoms with Crippen LogP contribution in [-0.4, -0.2) is 50.7 Å². The standard InChI is InChI=1S/C15H17F2N7S.C6H4ClF/c16-14(17)24-6-9(4-22-24)10-5-21-12(13-20-1-2-25-13)23-8-15(19,7-18)3-11(10)23;7-5-2-1-3-6(8)4-5/h1-2,4,6,14H,3,5,7-8,18-19H2;1-4H. The average molecular weight is 496 g/mol. The largest absolute Gasteiger partial charge is 0.333 e. The lowest BCUT2D eigenvalue weighted by Crippen LogP contribution is -2.49. The molecule has 4 N–H and O–H groups in total. The summed E-state index contributed by atoms with van der Waals surface area (Å²) in [5, 5.41) is 6.86. The topological polar surface area (TPSA) is 98.4 Å². The SMILES string of the molecule is Fc1cccc(Cl)c1.NCC1(N)CC2=C(c3cnn(C(F)F)c3)CN=C(c3nccs3)N2C1. The van der Waals surface area contributed by atoms with E-state index in [0.29, 0.717) is 41.3 Å². The number of nitrogens with zero attached hydrogens (tertiary/aromatic N) is 5. The van der Waals surface area contributed by atoms with Crippen LogP contribution in [0.5, 0.6) is 0 Å². The Morgan fingerprint density at radius 2 is 2.12 bits per heavy atom. The van der Waals surface area contributed by atoms with Gasteiger partial charge in [-0.2, -0.15) is 13.9 Å². The van der Waals surface area contributed by atoms with Crippen LogP contribution in [0.1, 0.15) is 23.5 Å². The molecule has 5 rings (SSSR count). The van der Waals surface area contributed by atoms with Gasteiger partial charge >= 0.3 is 6.55 Å². The summed E-state index contributed by atoms with van der Waals surface area (Å²) >= 11 is 6.90. The van der Waals surface area contributed by atoms with Gasteiger partial charge in [0.1, 0.15) is 5.82 Å². The summed E-state index contributed by atoms with van der Waals surface area (Å²) in [5.41, 5.74) is 14.1. The zero-order chi connectivity index (χ0) is 23.6. The van der Waals surface area contributed by atoms with Gasteiger partial charge < -0.3 is 16.4 Å². The molecule has 12 heteroatoms. The highest BCUT2D eigenvalue weighted by molar-refractivity contribution is 7.11. The Morgan fingerprint density at radius 3 is 2.70 bits per heavy atom. The first-order chi connectivity index (χ1) is 15.8. The van der Waals surface area contributed by atoms with E-state index in [-0.39, 0.29) is 5.82 Å². The molecular formula is C21H21ClF3N7S. The molecule has 7 nitrogen and oxygen atoms in total. The highest BCUT2D eigenvalue weighted by atomic mass is 35.5. The number of nitrogens with two attached hydrogens (primary N) is 2. The van der Waals surface area contributed by atoms with Gasteiger partial charge in [-0.3, -0.25) is 4.99 Å². The van der Waals surface area contributed by atoms with Gasteiger partial charge in [0.2, 0.25) is 0 Å². The van der Waals surface area contributed by atoms with Crippen molar-refractivity contribution in [2.75, 3.05) is 19.6 Å². The highest BCUT2D eigenvalue weighted by Crippen LogP contribution is 2.38. The van der Waals surface area contributed by atoms with Crippen molar-refractivity contribution in [2.24, 2.45) is 16.5 Å². The summed E-state index contributed by atoms with van der Waals surface area (Å²) in [4.78, 5) is 11.0.